The van der Waals surface area contributed by atoms with E-state index in [1.165, 1.54) is 69.2 Å². The molecule has 0 aromatic heterocycles. The molecule has 0 heterocycles. The van der Waals surface area contributed by atoms with E-state index in [1.54, 1.807) is 0 Å². The summed E-state index contributed by atoms with van der Waals surface area (Å²) in [5.74, 6) is 0.625. The summed E-state index contributed by atoms with van der Waals surface area (Å²) in [4.78, 5) is 5.22. The van der Waals surface area contributed by atoms with E-state index in [1.807, 2.05) is 0 Å². The highest BCUT2D eigenvalue weighted by molar-refractivity contribution is 5.66. The monoisotopic (exact) mass is 578 g/mol. The van der Waals surface area contributed by atoms with Crippen molar-refractivity contribution in [1.82, 2.24) is 0 Å². The number of anilines is 2. The van der Waals surface area contributed by atoms with Crippen LogP contribution in [0.25, 0.3) is 0 Å². The second-order valence-electron chi connectivity index (χ2n) is 12.8. The zero-order valence-corrected chi connectivity index (χ0v) is 26.5. The summed E-state index contributed by atoms with van der Waals surface area (Å²) >= 11 is 0. The van der Waals surface area contributed by atoms with E-state index in [4.69, 9.17) is 0 Å². The van der Waals surface area contributed by atoms with Gasteiger partial charge in [0, 0.05) is 28.5 Å². The number of rotatable bonds is 8. The van der Waals surface area contributed by atoms with Crippen LogP contribution in [0, 0.1) is 5.92 Å². The minimum atomic E-state index is 0.331. The normalized spacial score (nSPS) is 22.4. The van der Waals surface area contributed by atoms with E-state index in [0.717, 1.165) is 51.4 Å². The molecule has 2 heteroatoms. The number of benzene rings is 2. The second-order valence-corrected chi connectivity index (χ2v) is 12.8. The zero-order chi connectivity index (χ0) is 29.9. The minimum Gasteiger partial charge on any atom is -0.337 e. The van der Waals surface area contributed by atoms with Crippen molar-refractivity contribution in [2.24, 2.45) is 5.92 Å². The maximum Gasteiger partial charge on any atom is 0.0625 e. The second kappa shape index (κ2) is 12.9. The maximum absolute atomic E-state index is 2.66. The number of aryl methyl sites for hydroxylation is 2. The molecule has 0 aliphatic heterocycles. The first-order valence-corrected chi connectivity index (χ1v) is 17.0. The fourth-order valence-corrected chi connectivity index (χ4v) is 7.68. The van der Waals surface area contributed by atoms with Crippen molar-refractivity contribution in [2.45, 2.75) is 84.1 Å². The highest BCUT2D eigenvalue weighted by Crippen LogP contribution is 2.42. The molecule has 5 aliphatic rings. The molecule has 0 saturated heterocycles. The summed E-state index contributed by atoms with van der Waals surface area (Å²) in [5.41, 5.74) is 14.0. The molecular formula is C42H46N2. The van der Waals surface area contributed by atoms with Gasteiger partial charge in [0.25, 0.3) is 0 Å². The molecule has 7 rings (SSSR count). The Balaban J connectivity index is 1.30. The van der Waals surface area contributed by atoms with Crippen molar-refractivity contribution >= 4 is 11.4 Å². The molecule has 0 N–H and O–H groups in total. The topological polar surface area (TPSA) is 6.48 Å². The Bertz CT molecular complexity index is 1620. The lowest BCUT2D eigenvalue weighted by Gasteiger charge is -2.41. The first-order chi connectivity index (χ1) is 21.7. The van der Waals surface area contributed by atoms with Crippen LogP contribution in [0.3, 0.4) is 0 Å². The first-order valence-electron chi connectivity index (χ1n) is 17.0. The van der Waals surface area contributed by atoms with E-state index in [2.05, 4.69) is 133 Å². The van der Waals surface area contributed by atoms with E-state index < -0.39 is 0 Å². The van der Waals surface area contributed by atoms with Crippen LogP contribution in [0.5, 0.6) is 0 Å². The Morgan fingerprint density at radius 1 is 0.614 bits per heavy atom. The molecular weight excluding hydrogens is 532 g/mol. The number of nitrogens with zero attached hydrogens (tertiary/aromatic N) is 2. The average molecular weight is 579 g/mol. The molecule has 224 valence electrons. The summed E-state index contributed by atoms with van der Waals surface area (Å²) < 4.78 is 0. The van der Waals surface area contributed by atoms with Gasteiger partial charge in [-0.2, -0.15) is 0 Å². The van der Waals surface area contributed by atoms with Gasteiger partial charge in [-0.25, -0.2) is 0 Å². The van der Waals surface area contributed by atoms with E-state index in [-0.39, 0.29) is 0 Å². The SMILES string of the molecule is CCc1ccc(N(C2=CC=C(N(c3ccc(CC)cc3)C3CC=CC4=C3C=CCC4)CC2)C2=C3C=CCCC3CC=C2)cc1. The number of hydrogen-bond acceptors (Lipinski definition) is 2. The summed E-state index contributed by atoms with van der Waals surface area (Å²) in [7, 11) is 0. The fraction of sp³-hybridized carbons (Fsp3) is 0.333. The summed E-state index contributed by atoms with van der Waals surface area (Å²) in [6.07, 6.45) is 35.1. The van der Waals surface area contributed by atoms with Crippen LogP contribution in [0.4, 0.5) is 11.4 Å². The van der Waals surface area contributed by atoms with Crippen molar-refractivity contribution < 1.29 is 0 Å². The summed E-state index contributed by atoms with van der Waals surface area (Å²) in [5, 5.41) is 0. The Morgan fingerprint density at radius 2 is 1.27 bits per heavy atom. The molecule has 2 aromatic carbocycles. The van der Waals surface area contributed by atoms with Crippen LogP contribution in [0.1, 0.15) is 76.3 Å². The molecule has 2 aromatic rings. The predicted octanol–water partition coefficient (Wildman–Crippen LogP) is 10.8. The van der Waals surface area contributed by atoms with Gasteiger partial charge < -0.3 is 9.80 Å². The third-order valence-electron chi connectivity index (χ3n) is 10.2. The lowest BCUT2D eigenvalue weighted by atomic mass is 9.82. The largest absolute Gasteiger partial charge is 0.337 e. The van der Waals surface area contributed by atoms with E-state index in [0.29, 0.717) is 12.0 Å². The predicted molar refractivity (Wildman–Crippen MR) is 188 cm³/mol. The fourth-order valence-electron chi connectivity index (χ4n) is 7.68. The van der Waals surface area contributed by atoms with E-state index in [9.17, 15) is 0 Å². The van der Waals surface area contributed by atoms with Crippen molar-refractivity contribution in [1.29, 1.82) is 0 Å². The van der Waals surface area contributed by atoms with Crippen molar-refractivity contribution in [2.75, 3.05) is 9.80 Å². The molecule has 2 unspecified atom stereocenters. The molecule has 0 radical (unpaired) electrons. The van der Waals surface area contributed by atoms with Gasteiger partial charge in [0.15, 0.2) is 0 Å². The van der Waals surface area contributed by atoms with Gasteiger partial charge in [-0.3, -0.25) is 0 Å². The van der Waals surface area contributed by atoms with Crippen molar-refractivity contribution in [3.8, 4) is 0 Å². The maximum atomic E-state index is 2.66. The first kappa shape index (κ1) is 28.7. The third kappa shape index (κ3) is 5.63. The third-order valence-corrected chi connectivity index (χ3v) is 10.2. The highest BCUT2D eigenvalue weighted by atomic mass is 15.2. The quantitative estimate of drug-likeness (QED) is 0.307. The molecule has 0 spiro atoms. The Hall–Kier alpha value is -4.04. The lowest BCUT2D eigenvalue weighted by molar-refractivity contribution is 0.558. The molecule has 0 amide bonds. The van der Waals surface area contributed by atoms with Crippen LogP contribution in [-0.4, -0.2) is 6.04 Å². The van der Waals surface area contributed by atoms with Gasteiger partial charge in [-0.1, -0.05) is 80.6 Å². The van der Waals surface area contributed by atoms with Gasteiger partial charge in [0.2, 0.25) is 0 Å². The number of fused-ring (bicyclic) bond motifs is 1. The molecule has 2 atom stereocenters. The smallest absolute Gasteiger partial charge is 0.0625 e. The summed E-state index contributed by atoms with van der Waals surface area (Å²) in [6.45, 7) is 4.48. The van der Waals surface area contributed by atoms with Crippen LogP contribution in [0.15, 0.2) is 143 Å². The van der Waals surface area contributed by atoms with Gasteiger partial charge in [-0.05, 0) is 140 Å². The number of hydrogen-bond donors (Lipinski definition) is 0. The lowest BCUT2D eigenvalue weighted by Crippen LogP contribution is -2.38. The van der Waals surface area contributed by atoms with Crippen LogP contribution in [0.2, 0.25) is 0 Å². The highest BCUT2D eigenvalue weighted by Gasteiger charge is 2.31. The Morgan fingerprint density at radius 3 is 2.00 bits per heavy atom. The molecule has 2 nitrogen and oxygen atoms in total. The average Bonchev–Trinajstić information content (AvgIpc) is 3.10. The van der Waals surface area contributed by atoms with Crippen LogP contribution in [-0.2, 0) is 12.8 Å². The zero-order valence-electron chi connectivity index (χ0n) is 26.5. The summed E-state index contributed by atoms with van der Waals surface area (Å²) in [6, 6.07) is 18.9. The van der Waals surface area contributed by atoms with Crippen molar-refractivity contribution in [3.63, 3.8) is 0 Å². The van der Waals surface area contributed by atoms with Gasteiger partial charge in [0.05, 0.1) is 6.04 Å². The molecule has 5 aliphatic carbocycles. The van der Waals surface area contributed by atoms with Crippen LogP contribution >= 0.6 is 0 Å². The molecule has 0 fully saturated rings. The molecule has 0 bridgehead atoms. The Kier molecular flexibility index (Phi) is 8.42. The van der Waals surface area contributed by atoms with E-state index >= 15 is 0 Å². The van der Waals surface area contributed by atoms with Crippen LogP contribution < -0.4 is 9.80 Å². The number of allylic oxidation sites excluding steroid dienone is 12. The standard InChI is InChI=1S/C42H46N2/c1-3-31-19-23-35(24-20-31)43(41-17-9-13-33-11-5-7-15-39(33)41)37-27-29-38(30-28-37)44(36-25-21-32(4-2)22-26-36)42-18-10-14-34-12-6-8-16-40(34)42/h7-10,13,15-16,18-27,29,34,41H,3-6,11-12,14,17,28,30H2,1-2H3. The van der Waals surface area contributed by atoms with Gasteiger partial charge >= 0.3 is 0 Å². The molecule has 0 saturated carbocycles. The van der Waals surface area contributed by atoms with Gasteiger partial charge in [0.1, 0.15) is 0 Å². The van der Waals surface area contributed by atoms with Gasteiger partial charge in [-0.15, -0.1) is 0 Å². The van der Waals surface area contributed by atoms with Crippen molar-refractivity contribution in [3.05, 3.63) is 154 Å². The minimum absolute atomic E-state index is 0.331. The molecule has 44 heavy (non-hydrogen) atoms. The Labute approximate surface area is 264 Å².